The van der Waals surface area contributed by atoms with E-state index in [4.69, 9.17) is 11.5 Å². The first-order chi connectivity index (χ1) is 4.75. The van der Waals surface area contributed by atoms with E-state index >= 15 is 0 Å². The number of carbonyl (C=O) groups excluding carboxylic acids is 1. The molecule has 0 saturated carbocycles. The topological polar surface area (TPSA) is 82.0 Å². The minimum absolute atomic E-state index is 0.299. The van der Waals surface area contributed by atoms with Crippen molar-refractivity contribution in [2.75, 3.05) is 0 Å². The molecule has 4 nitrogen and oxygen atoms in total. The summed E-state index contributed by atoms with van der Waals surface area (Å²) in [5.74, 6) is -0.512. The van der Waals surface area contributed by atoms with Crippen LogP contribution in [0.3, 0.4) is 0 Å². The van der Waals surface area contributed by atoms with Gasteiger partial charge in [0.2, 0.25) is 0 Å². The smallest absolute Gasteiger partial charge is 0.268 e. The van der Waals surface area contributed by atoms with Crippen molar-refractivity contribution < 1.29 is 4.79 Å². The molecule has 1 heterocycles. The van der Waals surface area contributed by atoms with Gasteiger partial charge in [-0.25, -0.2) is 4.98 Å². The SMILES string of the molecule is NCc1scnc1C(N)=O. The summed E-state index contributed by atoms with van der Waals surface area (Å²) in [7, 11) is 0. The lowest BCUT2D eigenvalue weighted by Gasteiger charge is -1.90. The maximum atomic E-state index is 10.6. The molecule has 5 heteroatoms. The second kappa shape index (κ2) is 2.76. The average molecular weight is 157 g/mol. The second-order valence-corrected chi connectivity index (χ2v) is 2.63. The molecular weight excluding hydrogens is 150 g/mol. The molecule has 0 radical (unpaired) electrons. The Kier molecular flexibility index (Phi) is 1.98. The molecule has 4 N–H and O–H groups in total. The number of primary amides is 1. The summed E-state index contributed by atoms with van der Waals surface area (Å²) in [6, 6.07) is 0. The molecule has 0 aliphatic heterocycles. The summed E-state index contributed by atoms with van der Waals surface area (Å²) in [6.45, 7) is 0.322. The molecule has 0 atom stereocenters. The average Bonchev–Trinajstić information content (AvgIpc) is 2.33. The molecule has 0 aromatic carbocycles. The number of hydrogen-bond donors (Lipinski definition) is 2. The highest BCUT2D eigenvalue weighted by atomic mass is 32.1. The van der Waals surface area contributed by atoms with Crippen molar-refractivity contribution in [3.8, 4) is 0 Å². The largest absolute Gasteiger partial charge is 0.364 e. The van der Waals surface area contributed by atoms with Gasteiger partial charge in [-0.2, -0.15) is 0 Å². The van der Waals surface area contributed by atoms with Crippen LogP contribution in [0.4, 0.5) is 0 Å². The zero-order valence-electron chi connectivity index (χ0n) is 5.20. The van der Waals surface area contributed by atoms with Crippen LogP contribution in [0.2, 0.25) is 0 Å². The Balaban J connectivity index is 3.01. The number of aromatic nitrogens is 1. The molecular formula is C5H7N3OS. The van der Waals surface area contributed by atoms with E-state index < -0.39 is 5.91 Å². The normalized spacial score (nSPS) is 9.70. The van der Waals surface area contributed by atoms with Crippen LogP contribution in [0.25, 0.3) is 0 Å². The van der Waals surface area contributed by atoms with Gasteiger partial charge in [0.15, 0.2) is 0 Å². The van der Waals surface area contributed by atoms with E-state index in [2.05, 4.69) is 4.98 Å². The van der Waals surface area contributed by atoms with Gasteiger partial charge in [0.25, 0.3) is 5.91 Å². The summed E-state index contributed by atoms with van der Waals surface area (Å²) in [6.07, 6.45) is 0. The minimum Gasteiger partial charge on any atom is -0.364 e. The van der Waals surface area contributed by atoms with E-state index in [0.29, 0.717) is 12.2 Å². The van der Waals surface area contributed by atoms with E-state index in [1.54, 1.807) is 5.51 Å². The third-order valence-electron chi connectivity index (χ3n) is 1.06. The number of nitrogens with two attached hydrogens (primary N) is 2. The predicted molar refractivity (Wildman–Crippen MR) is 38.5 cm³/mol. The Morgan fingerprint density at radius 1 is 1.80 bits per heavy atom. The van der Waals surface area contributed by atoms with Gasteiger partial charge >= 0.3 is 0 Å². The number of amides is 1. The summed E-state index contributed by atoms with van der Waals surface area (Å²) in [5.41, 5.74) is 12.1. The van der Waals surface area contributed by atoms with Crippen molar-refractivity contribution >= 4 is 17.2 Å². The van der Waals surface area contributed by atoms with E-state index in [0.717, 1.165) is 4.88 Å². The van der Waals surface area contributed by atoms with Gasteiger partial charge in [-0.05, 0) is 0 Å². The predicted octanol–water partition coefficient (Wildman–Crippen LogP) is -0.299. The number of nitrogens with zero attached hydrogens (tertiary/aromatic N) is 1. The Labute approximate surface area is 61.9 Å². The van der Waals surface area contributed by atoms with E-state index in [-0.39, 0.29) is 0 Å². The number of hydrogen-bond acceptors (Lipinski definition) is 4. The van der Waals surface area contributed by atoms with Crippen LogP contribution in [-0.2, 0) is 6.54 Å². The van der Waals surface area contributed by atoms with Crippen molar-refractivity contribution in [3.63, 3.8) is 0 Å². The third kappa shape index (κ3) is 1.14. The maximum Gasteiger partial charge on any atom is 0.268 e. The molecule has 54 valence electrons. The Bertz CT molecular complexity index is 245. The lowest BCUT2D eigenvalue weighted by molar-refractivity contribution is 0.0995. The Hall–Kier alpha value is -0.940. The van der Waals surface area contributed by atoms with E-state index in [9.17, 15) is 4.79 Å². The van der Waals surface area contributed by atoms with Gasteiger partial charge in [-0.3, -0.25) is 4.79 Å². The molecule has 0 bridgehead atoms. The Morgan fingerprint density at radius 2 is 2.50 bits per heavy atom. The summed E-state index contributed by atoms with van der Waals surface area (Å²) in [5, 5.41) is 0. The van der Waals surface area contributed by atoms with Crippen LogP contribution in [0, 0.1) is 0 Å². The molecule has 0 aliphatic carbocycles. The van der Waals surface area contributed by atoms with Gasteiger partial charge in [-0.1, -0.05) is 0 Å². The van der Waals surface area contributed by atoms with Gasteiger partial charge < -0.3 is 11.5 Å². The van der Waals surface area contributed by atoms with Gasteiger partial charge in [0.1, 0.15) is 5.69 Å². The van der Waals surface area contributed by atoms with Crippen LogP contribution in [0.5, 0.6) is 0 Å². The minimum atomic E-state index is -0.512. The fourth-order valence-electron chi connectivity index (χ4n) is 0.616. The fraction of sp³-hybridized carbons (Fsp3) is 0.200. The first kappa shape index (κ1) is 7.17. The molecule has 0 saturated heterocycles. The highest BCUT2D eigenvalue weighted by Crippen LogP contribution is 2.10. The van der Waals surface area contributed by atoms with Crippen molar-refractivity contribution in [1.82, 2.24) is 4.98 Å². The van der Waals surface area contributed by atoms with Crippen LogP contribution in [-0.4, -0.2) is 10.9 Å². The quantitative estimate of drug-likeness (QED) is 0.618. The van der Waals surface area contributed by atoms with Gasteiger partial charge in [0, 0.05) is 6.54 Å². The summed E-state index contributed by atoms with van der Waals surface area (Å²) < 4.78 is 0. The van der Waals surface area contributed by atoms with E-state index in [1.807, 2.05) is 0 Å². The first-order valence-corrected chi connectivity index (χ1v) is 3.56. The Morgan fingerprint density at radius 3 is 2.90 bits per heavy atom. The summed E-state index contributed by atoms with van der Waals surface area (Å²) >= 11 is 1.34. The molecule has 0 spiro atoms. The fourth-order valence-corrected chi connectivity index (χ4v) is 1.26. The number of carbonyl (C=O) groups is 1. The summed E-state index contributed by atoms with van der Waals surface area (Å²) in [4.78, 5) is 15.0. The molecule has 1 aromatic heterocycles. The third-order valence-corrected chi connectivity index (χ3v) is 1.92. The molecule has 1 amide bonds. The zero-order valence-corrected chi connectivity index (χ0v) is 6.02. The van der Waals surface area contributed by atoms with Crippen LogP contribution in [0.1, 0.15) is 15.4 Å². The van der Waals surface area contributed by atoms with Crippen LogP contribution >= 0.6 is 11.3 Å². The molecule has 0 unspecified atom stereocenters. The number of rotatable bonds is 2. The standard InChI is InChI=1S/C5H7N3OS/c6-1-3-4(5(7)9)8-2-10-3/h2H,1,6H2,(H2,7,9). The van der Waals surface area contributed by atoms with Crippen molar-refractivity contribution in [3.05, 3.63) is 16.1 Å². The first-order valence-electron chi connectivity index (χ1n) is 2.68. The van der Waals surface area contributed by atoms with Crippen LogP contribution in [0.15, 0.2) is 5.51 Å². The highest BCUT2D eigenvalue weighted by Gasteiger charge is 2.08. The lowest BCUT2D eigenvalue weighted by Crippen LogP contribution is -2.14. The van der Waals surface area contributed by atoms with Crippen molar-refractivity contribution in [2.45, 2.75) is 6.54 Å². The van der Waals surface area contributed by atoms with Crippen molar-refractivity contribution in [2.24, 2.45) is 11.5 Å². The van der Waals surface area contributed by atoms with E-state index in [1.165, 1.54) is 11.3 Å². The maximum absolute atomic E-state index is 10.6. The second-order valence-electron chi connectivity index (χ2n) is 1.69. The monoisotopic (exact) mass is 157 g/mol. The van der Waals surface area contributed by atoms with Crippen molar-refractivity contribution in [1.29, 1.82) is 0 Å². The molecule has 0 fully saturated rings. The molecule has 1 aromatic rings. The molecule has 10 heavy (non-hydrogen) atoms. The van der Waals surface area contributed by atoms with Gasteiger partial charge in [-0.15, -0.1) is 11.3 Å². The zero-order chi connectivity index (χ0) is 7.56. The van der Waals surface area contributed by atoms with Crippen LogP contribution < -0.4 is 11.5 Å². The van der Waals surface area contributed by atoms with Gasteiger partial charge in [0.05, 0.1) is 10.4 Å². The molecule has 1 rings (SSSR count). The lowest BCUT2D eigenvalue weighted by atomic mass is 10.3. The highest BCUT2D eigenvalue weighted by molar-refractivity contribution is 7.09. The molecule has 0 aliphatic rings. The number of thiazole rings is 1.